The molecule has 26 heavy (non-hydrogen) atoms. The molecule has 0 amide bonds. The van der Waals surface area contributed by atoms with Gasteiger partial charge >= 0.3 is 6.98 Å². The third-order valence-corrected chi connectivity index (χ3v) is 6.07. The number of hydrogen-bond donors (Lipinski definition) is 0. The van der Waals surface area contributed by atoms with Crippen molar-refractivity contribution in [3.8, 4) is 11.3 Å². The summed E-state index contributed by atoms with van der Waals surface area (Å²) >= 11 is 1.79. The second-order valence-electron chi connectivity index (χ2n) is 6.52. The maximum atomic E-state index is 4.74. The zero-order chi connectivity index (χ0) is 17.1. The average molecular weight is 351 g/mol. The Morgan fingerprint density at radius 2 is 1.54 bits per heavy atom. The molecule has 0 fully saturated rings. The molecule has 5 heteroatoms. The summed E-state index contributed by atoms with van der Waals surface area (Å²) in [5.41, 5.74) is 7.25. The van der Waals surface area contributed by atoms with Crippen LogP contribution in [0.25, 0.3) is 11.3 Å². The monoisotopic (exact) mass is 351 g/mol. The maximum absolute atomic E-state index is 4.74. The van der Waals surface area contributed by atoms with E-state index in [4.69, 9.17) is 4.98 Å². The summed E-state index contributed by atoms with van der Waals surface area (Å²) in [5.74, 6) is 0. The Morgan fingerprint density at radius 3 is 2.38 bits per heavy atom. The normalized spacial score (nSPS) is 13.9. The summed E-state index contributed by atoms with van der Waals surface area (Å²) in [6, 6.07) is 25.7. The number of nitrogens with zero attached hydrogens (tertiary/aromatic N) is 3. The first kappa shape index (κ1) is 14.2. The van der Waals surface area contributed by atoms with E-state index in [9.17, 15) is 0 Å². The highest BCUT2D eigenvalue weighted by atomic mass is 32.1. The van der Waals surface area contributed by atoms with Crippen LogP contribution >= 0.6 is 11.3 Å². The van der Waals surface area contributed by atoms with Crippen molar-refractivity contribution in [1.82, 2.24) is 4.98 Å². The van der Waals surface area contributed by atoms with Crippen molar-refractivity contribution in [3.05, 3.63) is 84.4 Å². The van der Waals surface area contributed by atoms with Gasteiger partial charge in [-0.3, -0.25) is 4.98 Å². The standard InChI is InChI=1S/C21H14BN3S/c1-2-7-15(8-3-1)24-18-10-4-5-11-19(18)25-21-16(12-14-26-21)20-17(22(24)25)9-6-13-23-20/h1-14H. The zero-order valence-electron chi connectivity index (χ0n) is 13.9. The molecule has 0 spiro atoms. The summed E-state index contributed by atoms with van der Waals surface area (Å²) in [5, 5.41) is 3.44. The molecule has 0 saturated carbocycles. The predicted octanol–water partition coefficient (Wildman–Crippen LogP) is 4.81. The molecule has 2 aromatic heterocycles. The number of rotatable bonds is 1. The fourth-order valence-corrected chi connectivity index (χ4v) is 5.07. The van der Waals surface area contributed by atoms with Crippen LogP contribution in [-0.2, 0) is 0 Å². The molecule has 2 aliphatic heterocycles. The molecule has 2 aliphatic rings. The smallest absolute Gasteiger partial charge is 0.360 e. The van der Waals surface area contributed by atoms with Gasteiger partial charge in [0.25, 0.3) is 0 Å². The van der Waals surface area contributed by atoms with Crippen molar-refractivity contribution >= 4 is 45.8 Å². The molecule has 0 aliphatic carbocycles. The molecule has 2 aromatic carbocycles. The van der Waals surface area contributed by atoms with Gasteiger partial charge in [0.15, 0.2) is 0 Å². The van der Waals surface area contributed by atoms with Crippen LogP contribution in [0.15, 0.2) is 84.4 Å². The van der Waals surface area contributed by atoms with Crippen LogP contribution in [-0.4, -0.2) is 12.0 Å². The van der Waals surface area contributed by atoms with E-state index in [1.165, 1.54) is 33.1 Å². The van der Waals surface area contributed by atoms with Gasteiger partial charge < -0.3 is 9.62 Å². The minimum Gasteiger partial charge on any atom is -0.360 e. The van der Waals surface area contributed by atoms with E-state index >= 15 is 0 Å². The highest BCUT2D eigenvalue weighted by Gasteiger charge is 2.48. The fraction of sp³-hybridized carbons (Fsp3) is 0. The highest BCUT2D eigenvalue weighted by Crippen LogP contribution is 2.51. The molecule has 3 nitrogen and oxygen atoms in total. The molecule has 0 bridgehead atoms. The van der Waals surface area contributed by atoms with Crippen molar-refractivity contribution in [3.63, 3.8) is 0 Å². The number of aromatic nitrogens is 1. The van der Waals surface area contributed by atoms with Crippen LogP contribution in [0.3, 0.4) is 0 Å². The van der Waals surface area contributed by atoms with Crippen molar-refractivity contribution in [2.45, 2.75) is 0 Å². The molecule has 4 aromatic rings. The van der Waals surface area contributed by atoms with Gasteiger partial charge in [0.2, 0.25) is 0 Å². The molecule has 0 N–H and O–H groups in total. The summed E-state index contributed by atoms with van der Waals surface area (Å²) < 4.78 is 0. The van der Waals surface area contributed by atoms with Gasteiger partial charge in [0.1, 0.15) is 0 Å². The van der Waals surface area contributed by atoms with Crippen LogP contribution in [0, 0.1) is 0 Å². The van der Waals surface area contributed by atoms with Gasteiger partial charge in [-0.25, -0.2) is 0 Å². The molecule has 0 radical (unpaired) electrons. The van der Waals surface area contributed by atoms with E-state index in [0.717, 1.165) is 5.69 Å². The first-order valence-corrected chi connectivity index (χ1v) is 9.57. The SMILES string of the molecule is c1ccc(N2B3c4cccnc4-c4ccsc4N3c3ccccc32)cc1. The Labute approximate surface area is 156 Å². The van der Waals surface area contributed by atoms with Crippen LogP contribution in [0.4, 0.5) is 22.1 Å². The van der Waals surface area contributed by atoms with E-state index in [1.807, 2.05) is 12.3 Å². The number of anilines is 4. The maximum Gasteiger partial charge on any atom is 0.423 e. The van der Waals surface area contributed by atoms with Crippen LogP contribution < -0.4 is 15.1 Å². The fourth-order valence-electron chi connectivity index (χ4n) is 4.14. The summed E-state index contributed by atoms with van der Waals surface area (Å²) in [6.45, 7) is 0.0876. The summed E-state index contributed by atoms with van der Waals surface area (Å²) in [4.78, 5) is 9.63. The van der Waals surface area contributed by atoms with Crippen LogP contribution in [0.2, 0.25) is 0 Å². The minimum absolute atomic E-state index is 0.0876. The van der Waals surface area contributed by atoms with Gasteiger partial charge in [-0.1, -0.05) is 36.4 Å². The molecule has 4 heterocycles. The zero-order valence-corrected chi connectivity index (χ0v) is 14.7. The highest BCUT2D eigenvalue weighted by molar-refractivity contribution is 7.16. The Kier molecular flexibility index (Phi) is 2.85. The lowest BCUT2D eigenvalue weighted by Crippen LogP contribution is -2.55. The first-order chi connectivity index (χ1) is 12.9. The molecular formula is C21H14BN3S. The lowest BCUT2D eigenvalue weighted by Gasteiger charge is -2.34. The van der Waals surface area contributed by atoms with Crippen molar-refractivity contribution < 1.29 is 0 Å². The third-order valence-electron chi connectivity index (χ3n) is 5.16. The number of fused-ring (bicyclic) bond motifs is 8. The number of para-hydroxylation sites is 3. The lowest BCUT2D eigenvalue weighted by molar-refractivity contribution is 1.31. The van der Waals surface area contributed by atoms with Crippen molar-refractivity contribution in [1.29, 1.82) is 0 Å². The predicted molar refractivity (Wildman–Crippen MR) is 110 cm³/mol. The lowest BCUT2D eigenvalue weighted by atomic mass is 9.61. The summed E-state index contributed by atoms with van der Waals surface area (Å²) in [6.07, 6.45) is 1.89. The molecule has 0 atom stereocenters. The molecule has 6 rings (SSSR count). The first-order valence-electron chi connectivity index (χ1n) is 8.69. The summed E-state index contributed by atoms with van der Waals surface area (Å²) in [7, 11) is 0. The minimum atomic E-state index is 0.0876. The van der Waals surface area contributed by atoms with Crippen LogP contribution in [0.5, 0.6) is 0 Å². The molecular weight excluding hydrogens is 337 g/mol. The second-order valence-corrected chi connectivity index (χ2v) is 7.41. The third kappa shape index (κ3) is 1.75. The van der Waals surface area contributed by atoms with Gasteiger partial charge in [0, 0.05) is 17.4 Å². The number of benzene rings is 2. The van der Waals surface area contributed by atoms with E-state index < -0.39 is 0 Å². The van der Waals surface area contributed by atoms with E-state index in [-0.39, 0.29) is 6.98 Å². The van der Waals surface area contributed by atoms with Gasteiger partial charge in [-0.2, -0.15) is 0 Å². The van der Waals surface area contributed by atoms with Gasteiger partial charge in [-0.15, -0.1) is 11.3 Å². The van der Waals surface area contributed by atoms with Crippen molar-refractivity contribution in [2.75, 3.05) is 9.62 Å². The quantitative estimate of drug-likeness (QED) is 0.459. The van der Waals surface area contributed by atoms with E-state index in [0.29, 0.717) is 0 Å². The molecule has 0 saturated heterocycles. The van der Waals surface area contributed by atoms with E-state index in [2.05, 4.69) is 81.7 Å². The topological polar surface area (TPSA) is 19.4 Å². The van der Waals surface area contributed by atoms with E-state index in [1.54, 1.807) is 11.3 Å². The second kappa shape index (κ2) is 5.22. The van der Waals surface area contributed by atoms with Crippen molar-refractivity contribution in [2.24, 2.45) is 0 Å². The largest absolute Gasteiger partial charge is 0.423 e. The molecule has 122 valence electrons. The van der Waals surface area contributed by atoms with Gasteiger partial charge in [-0.05, 0) is 47.2 Å². The Bertz CT molecular complexity index is 1120. The Morgan fingerprint density at radius 1 is 0.769 bits per heavy atom. The number of hydrogen-bond acceptors (Lipinski definition) is 4. The number of pyridine rings is 1. The van der Waals surface area contributed by atoms with Crippen LogP contribution in [0.1, 0.15) is 0 Å². The molecule has 0 unspecified atom stereocenters. The Hall–Kier alpha value is -3.05. The van der Waals surface area contributed by atoms with Gasteiger partial charge in [0.05, 0.1) is 22.1 Å². The average Bonchev–Trinajstić information content (AvgIpc) is 3.32. The Balaban J connectivity index is 1.69. The number of thiophene rings is 1.